The van der Waals surface area contributed by atoms with Gasteiger partial charge in [0.05, 0.1) is 6.04 Å². The van der Waals surface area contributed by atoms with Crippen LogP contribution in [0, 0.1) is 5.92 Å². The minimum Gasteiger partial charge on any atom is -0.381 e. The lowest BCUT2D eigenvalue weighted by atomic mass is 9.91. The monoisotopic (exact) mass is 214 g/mol. The summed E-state index contributed by atoms with van der Waals surface area (Å²) in [6, 6.07) is -0.342. The number of likely N-dealkylation sites (N-methyl/N-ethyl adjacent to an activating group) is 1. The minimum absolute atomic E-state index is 0.0729. The van der Waals surface area contributed by atoms with Crippen LogP contribution in [-0.4, -0.2) is 43.7 Å². The summed E-state index contributed by atoms with van der Waals surface area (Å²) in [5.41, 5.74) is 5.98. The lowest BCUT2D eigenvalue weighted by Crippen LogP contribution is -2.47. The Morgan fingerprint density at radius 3 is 2.67 bits per heavy atom. The topological polar surface area (TPSA) is 55.6 Å². The molecule has 1 aliphatic heterocycles. The van der Waals surface area contributed by atoms with Gasteiger partial charge in [-0.25, -0.2) is 0 Å². The highest BCUT2D eigenvalue weighted by Crippen LogP contribution is 2.18. The molecule has 0 saturated carbocycles. The Hall–Kier alpha value is -0.610. The van der Waals surface area contributed by atoms with Crippen molar-refractivity contribution in [2.75, 3.05) is 26.8 Å². The zero-order valence-electron chi connectivity index (χ0n) is 9.74. The van der Waals surface area contributed by atoms with Crippen molar-refractivity contribution in [3.05, 3.63) is 0 Å². The Bertz CT molecular complexity index is 203. The molecule has 0 radical (unpaired) electrons. The molecule has 0 spiro atoms. The lowest BCUT2D eigenvalue weighted by Gasteiger charge is -2.29. The van der Waals surface area contributed by atoms with Crippen LogP contribution in [0.2, 0.25) is 0 Å². The van der Waals surface area contributed by atoms with E-state index in [1.807, 2.05) is 7.05 Å². The molecule has 0 aliphatic carbocycles. The van der Waals surface area contributed by atoms with Crippen LogP contribution in [0.5, 0.6) is 0 Å². The molecule has 1 fully saturated rings. The van der Waals surface area contributed by atoms with E-state index in [4.69, 9.17) is 10.5 Å². The van der Waals surface area contributed by atoms with E-state index in [0.717, 1.165) is 39.0 Å². The largest absolute Gasteiger partial charge is 0.381 e. The first-order valence-corrected chi connectivity index (χ1v) is 5.75. The maximum atomic E-state index is 11.9. The summed E-state index contributed by atoms with van der Waals surface area (Å²) in [5.74, 6) is 0.370. The third-order valence-corrected chi connectivity index (χ3v) is 2.99. The van der Waals surface area contributed by atoms with Crippen LogP contribution in [0.25, 0.3) is 0 Å². The molecule has 0 aromatic heterocycles. The van der Waals surface area contributed by atoms with E-state index in [1.165, 1.54) is 0 Å². The molecule has 1 unspecified atom stereocenters. The van der Waals surface area contributed by atoms with Gasteiger partial charge in [0.25, 0.3) is 0 Å². The molecule has 88 valence electrons. The Balaban J connectivity index is 2.43. The molecule has 1 atom stereocenters. The highest BCUT2D eigenvalue weighted by atomic mass is 16.5. The summed E-state index contributed by atoms with van der Waals surface area (Å²) in [4.78, 5) is 13.6. The van der Waals surface area contributed by atoms with Gasteiger partial charge >= 0.3 is 0 Å². The molecule has 1 amide bonds. The predicted molar refractivity (Wildman–Crippen MR) is 59.4 cm³/mol. The number of carbonyl (C=O) groups is 1. The first-order chi connectivity index (χ1) is 7.16. The molecule has 4 nitrogen and oxygen atoms in total. The van der Waals surface area contributed by atoms with Crippen LogP contribution in [0.1, 0.15) is 26.2 Å². The predicted octanol–water partition coefficient (Wildman–Crippen LogP) is 0.609. The molecule has 15 heavy (non-hydrogen) atoms. The van der Waals surface area contributed by atoms with Gasteiger partial charge in [0.1, 0.15) is 0 Å². The third kappa shape index (κ3) is 3.47. The second-order valence-electron chi connectivity index (χ2n) is 4.24. The average Bonchev–Trinajstić information content (AvgIpc) is 2.28. The molecule has 1 rings (SSSR count). The molecular weight excluding hydrogens is 192 g/mol. The summed E-state index contributed by atoms with van der Waals surface area (Å²) in [5, 5.41) is 0. The number of rotatable bonds is 4. The fraction of sp³-hybridized carbons (Fsp3) is 0.909. The smallest absolute Gasteiger partial charge is 0.239 e. The quantitative estimate of drug-likeness (QED) is 0.746. The fourth-order valence-electron chi connectivity index (χ4n) is 1.98. The standard InChI is InChI=1S/C11H22N2O2/c1-3-6-13(2)11(14)10(12)9-4-7-15-8-5-9/h9-10H,3-8,12H2,1-2H3. The van der Waals surface area contributed by atoms with Gasteiger partial charge in [0.15, 0.2) is 0 Å². The highest BCUT2D eigenvalue weighted by molar-refractivity contribution is 5.81. The second-order valence-corrected chi connectivity index (χ2v) is 4.24. The van der Waals surface area contributed by atoms with Crippen LogP contribution in [0.3, 0.4) is 0 Å². The molecular formula is C11H22N2O2. The van der Waals surface area contributed by atoms with E-state index in [2.05, 4.69) is 6.92 Å². The number of nitrogens with two attached hydrogens (primary N) is 1. The lowest BCUT2D eigenvalue weighted by molar-refractivity contribution is -0.133. The Morgan fingerprint density at radius 1 is 1.53 bits per heavy atom. The second kappa shape index (κ2) is 6.08. The molecule has 1 saturated heterocycles. The Morgan fingerprint density at radius 2 is 2.13 bits per heavy atom. The molecule has 1 heterocycles. The maximum Gasteiger partial charge on any atom is 0.239 e. The van der Waals surface area contributed by atoms with Gasteiger partial charge in [0, 0.05) is 26.8 Å². The number of ether oxygens (including phenoxy) is 1. The maximum absolute atomic E-state index is 11.9. The van der Waals surface area contributed by atoms with Gasteiger partial charge < -0.3 is 15.4 Å². The van der Waals surface area contributed by atoms with Crippen LogP contribution in [-0.2, 0) is 9.53 Å². The van der Waals surface area contributed by atoms with Crippen LogP contribution in [0.4, 0.5) is 0 Å². The molecule has 2 N–H and O–H groups in total. The molecule has 1 aliphatic rings. The summed E-state index contributed by atoms with van der Waals surface area (Å²) in [7, 11) is 1.82. The van der Waals surface area contributed by atoms with Crippen LogP contribution >= 0.6 is 0 Å². The number of nitrogens with zero attached hydrogens (tertiary/aromatic N) is 1. The summed E-state index contributed by atoms with van der Waals surface area (Å²) in [6.07, 6.45) is 2.79. The van der Waals surface area contributed by atoms with Gasteiger partial charge in [-0.3, -0.25) is 4.79 Å². The van der Waals surface area contributed by atoms with Gasteiger partial charge in [0.2, 0.25) is 5.91 Å². The molecule has 0 aromatic carbocycles. The van der Waals surface area contributed by atoms with Crippen molar-refractivity contribution in [1.29, 1.82) is 0 Å². The van der Waals surface area contributed by atoms with Crippen molar-refractivity contribution >= 4 is 5.91 Å². The SMILES string of the molecule is CCCN(C)C(=O)C(N)C1CCOCC1. The van der Waals surface area contributed by atoms with E-state index >= 15 is 0 Å². The molecule has 0 bridgehead atoms. The van der Waals surface area contributed by atoms with Crippen molar-refractivity contribution in [2.45, 2.75) is 32.2 Å². The molecule has 0 aromatic rings. The fourth-order valence-corrected chi connectivity index (χ4v) is 1.98. The number of hydrogen-bond donors (Lipinski definition) is 1. The van der Waals surface area contributed by atoms with E-state index in [1.54, 1.807) is 4.90 Å². The normalized spacial score (nSPS) is 19.9. The first-order valence-electron chi connectivity index (χ1n) is 5.75. The van der Waals surface area contributed by atoms with Gasteiger partial charge in [-0.15, -0.1) is 0 Å². The van der Waals surface area contributed by atoms with Gasteiger partial charge in [-0.2, -0.15) is 0 Å². The average molecular weight is 214 g/mol. The van der Waals surface area contributed by atoms with E-state index in [-0.39, 0.29) is 11.9 Å². The summed E-state index contributed by atoms with van der Waals surface area (Å²) >= 11 is 0. The Kier molecular flexibility index (Phi) is 5.05. The van der Waals surface area contributed by atoms with Crippen LogP contribution < -0.4 is 5.73 Å². The van der Waals surface area contributed by atoms with Crippen molar-refractivity contribution in [2.24, 2.45) is 11.7 Å². The zero-order valence-corrected chi connectivity index (χ0v) is 9.74. The number of carbonyl (C=O) groups excluding carboxylic acids is 1. The van der Waals surface area contributed by atoms with E-state index < -0.39 is 0 Å². The molecule has 4 heteroatoms. The van der Waals surface area contributed by atoms with Gasteiger partial charge in [-0.05, 0) is 25.2 Å². The third-order valence-electron chi connectivity index (χ3n) is 2.99. The van der Waals surface area contributed by atoms with E-state index in [9.17, 15) is 4.79 Å². The Labute approximate surface area is 91.8 Å². The van der Waals surface area contributed by atoms with Crippen molar-refractivity contribution < 1.29 is 9.53 Å². The van der Waals surface area contributed by atoms with Crippen molar-refractivity contribution in [1.82, 2.24) is 4.90 Å². The zero-order chi connectivity index (χ0) is 11.3. The number of amides is 1. The minimum atomic E-state index is -0.342. The van der Waals surface area contributed by atoms with Gasteiger partial charge in [-0.1, -0.05) is 6.92 Å². The van der Waals surface area contributed by atoms with Crippen molar-refractivity contribution in [3.63, 3.8) is 0 Å². The van der Waals surface area contributed by atoms with Crippen molar-refractivity contribution in [3.8, 4) is 0 Å². The number of hydrogen-bond acceptors (Lipinski definition) is 3. The highest BCUT2D eigenvalue weighted by Gasteiger charge is 2.28. The first kappa shape index (κ1) is 12.5. The summed E-state index contributed by atoms with van der Waals surface area (Å²) in [6.45, 7) is 4.33. The summed E-state index contributed by atoms with van der Waals surface area (Å²) < 4.78 is 5.26. The van der Waals surface area contributed by atoms with E-state index in [0.29, 0.717) is 5.92 Å². The van der Waals surface area contributed by atoms with Crippen LogP contribution in [0.15, 0.2) is 0 Å².